The lowest BCUT2D eigenvalue weighted by Crippen LogP contribution is -2.43. The van der Waals surface area contributed by atoms with Crippen molar-refractivity contribution in [2.75, 3.05) is 14.2 Å². The fourth-order valence-corrected chi connectivity index (χ4v) is 3.12. The molecule has 1 amide bonds. The number of rotatable bonds is 2. The van der Waals surface area contributed by atoms with Crippen molar-refractivity contribution in [2.45, 2.75) is 25.4 Å². The minimum Gasteiger partial charge on any atom is -0.504 e. The van der Waals surface area contributed by atoms with Crippen LogP contribution in [0.1, 0.15) is 24.0 Å². The lowest BCUT2D eigenvalue weighted by atomic mass is 9.90. The van der Waals surface area contributed by atoms with Crippen LogP contribution in [0.4, 0.5) is 0 Å². The number of carbonyl (C=O) groups excluding carboxylic acids is 1. The van der Waals surface area contributed by atoms with Crippen LogP contribution in [0.2, 0.25) is 0 Å². The van der Waals surface area contributed by atoms with Crippen LogP contribution >= 0.6 is 0 Å². The quantitative estimate of drug-likeness (QED) is 0.629. The van der Waals surface area contributed by atoms with E-state index < -0.39 is 0 Å². The van der Waals surface area contributed by atoms with Crippen molar-refractivity contribution in [1.82, 2.24) is 4.90 Å². The van der Waals surface area contributed by atoms with Crippen molar-refractivity contribution >= 4 is 11.6 Å². The second kappa shape index (κ2) is 4.83. The first-order valence-electron chi connectivity index (χ1n) is 6.61. The van der Waals surface area contributed by atoms with E-state index in [4.69, 9.17) is 9.47 Å². The van der Waals surface area contributed by atoms with Crippen molar-refractivity contribution in [1.29, 1.82) is 0 Å². The molecule has 0 aromatic heterocycles. The van der Waals surface area contributed by atoms with Crippen molar-refractivity contribution in [2.24, 2.45) is 5.16 Å². The number of oxime groups is 1. The second-order valence-electron chi connectivity index (χ2n) is 5.06. The molecule has 1 aromatic carbocycles. The Labute approximate surface area is 121 Å². The lowest BCUT2D eigenvalue weighted by Gasteiger charge is -2.33. The first-order chi connectivity index (χ1) is 10.1. The number of nitrogens with zero attached hydrogens (tertiary/aromatic N) is 2. The Morgan fingerprint density at radius 2 is 2.14 bits per heavy atom. The number of fused-ring (bicyclic) bond motifs is 2. The fraction of sp³-hybridized carbons (Fsp3) is 0.429. The number of amides is 1. The Bertz CT molecular complexity index is 641. The molecule has 2 aliphatic rings. The number of methoxy groups -OCH3 is 2. The topological polar surface area (TPSA) is 91.6 Å². The Morgan fingerprint density at radius 3 is 2.76 bits per heavy atom. The minimum atomic E-state index is -0.306. The summed E-state index contributed by atoms with van der Waals surface area (Å²) in [5.74, 6) is 0.450. The molecule has 1 aromatic rings. The molecule has 1 atom stereocenters. The summed E-state index contributed by atoms with van der Waals surface area (Å²) in [6.07, 6.45) is 0.984. The first kappa shape index (κ1) is 13.5. The third-order valence-corrected chi connectivity index (χ3v) is 4.07. The molecule has 1 unspecified atom stereocenters. The van der Waals surface area contributed by atoms with Gasteiger partial charge in [0.25, 0.3) is 0 Å². The van der Waals surface area contributed by atoms with Gasteiger partial charge in [0.05, 0.1) is 25.8 Å². The van der Waals surface area contributed by atoms with Gasteiger partial charge in [-0.15, -0.1) is 0 Å². The number of hydrogen-bond donors (Lipinski definition) is 2. The molecule has 3 rings (SSSR count). The summed E-state index contributed by atoms with van der Waals surface area (Å²) in [6.45, 7) is 0.353. The molecule has 1 saturated heterocycles. The Morgan fingerprint density at radius 1 is 1.38 bits per heavy atom. The number of phenols is 1. The van der Waals surface area contributed by atoms with Crippen LogP contribution in [0.3, 0.4) is 0 Å². The van der Waals surface area contributed by atoms with Gasteiger partial charge in [0.15, 0.2) is 11.5 Å². The molecule has 112 valence electrons. The van der Waals surface area contributed by atoms with Crippen molar-refractivity contribution in [3.63, 3.8) is 0 Å². The zero-order valence-corrected chi connectivity index (χ0v) is 11.8. The third-order valence-electron chi connectivity index (χ3n) is 4.07. The van der Waals surface area contributed by atoms with Crippen LogP contribution in [0, 0.1) is 0 Å². The smallest absolute Gasteiger partial charge is 0.223 e. The van der Waals surface area contributed by atoms with Crippen LogP contribution in [0.5, 0.6) is 17.2 Å². The molecular weight excluding hydrogens is 276 g/mol. The summed E-state index contributed by atoms with van der Waals surface area (Å²) < 4.78 is 10.4. The number of phenolic OH excluding ortho intramolecular Hbond substituents is 1. The Hall–Kier alpha value is -2.44. The van der Waals surface area contributed by atoms with Crippen LogP contribution in [-0.2, 0) is 11.3 Å². The standard InChI is InChI=1S/C14H16N2O5/c1-20-9-5-7-6-16-8(3-4-10(16)17)12(15-19)11(7)13(18)14(9)21-2/h5,8,18-19H,3-4,6H2,1-2H3/b15-12-. The highest BCUT2D eigenvalue weighted by molar-refractivity contribution is 6.11. The van der Waals surface area contributed by atoms with Gasteiger partial charge in [0, 0.05) is 13.0 Å². The SMILES string of the molecule is COc1cc2c(c(O)c1OC)/C(=N\O)C1CCC(=O)N1C2. The van der Waals surface area contributed by atoms with Gasteiger partial charge in [-0.2, -0.15) is 0 Å². The van der Waals surface area contributed by atoms with Gasteiger partial charge >= 0.3 is 0 Å². The van der Waals surface area contributed by atoms with Crippen molar-refractivity contribution in [3.05, 3.63) is 17.2 Å². The molecule has 0 spiro atoms. The molecule has 21 heavy (non-hydrogen) atoms. The van der Waals surface area contributed by atoms with E-state index in [1.807, 2.05) is 0 Å². The van der Waals surface area contributed by atoms with Crippen LogP contribution in [-0.4, -0.2) is 47.1 Å². The summed E-state index contributed by atoms with van der Waals surface area (Å²) in [5, 5.41) is 23.1. The van der Waals surface area contributed by atoms with Gasteiger partial charge in [-0.25, -0.2) is 0 Å². The number of aromatic hydroxyl groups is 1. The molecule has 0 bridgehead atoms. The molecule has 2 heterocycles. The number of carbonyl (C=O) groups is 1. The van der Waals surface area contributed by atoms with E-state index in [-0.39, 0.29) is 23.4 Å². The van der Waals surface area contributed by atoms with E-state index in [0.29, 0.717) is 42.0 Å². The predicted molar refractivity (Wildman–Crippen MR) is 73.1 cm³/mol. The molecule has 2 aliphatic heterocycles. The summed E-state index contributed by atoms with van der Waals surface area (Å²) in [4.78, 5) is 13.6. The second-order valence-corrected chi connectivity index (χ2v) is 5.06. The lowest BCUT2D eigenvalue weighted by molar-refractivity contribution is -0.128. The van der Waals surface area contributed by atoms with Gasteiger partial charge in [0.1, 0.15) is 5.71 Å². The van der Waals surface area contributed by atoms with Crippen molar-refractivity contribution in [3.8, 4) is 17.2 Å². The minimum absolute atomic E-state index is 0.0149. The average molecular weight is 292 g/mol. The molecule has 2 N–H and O–H groups in total. The van der Waals surface area contributed by atoms with E-state index in [1.54, 1.807) is 11.0 Å². The van der Waals surface area contributed by atoms with Crippen LogP contribution in [0.15, 0.2) is 11.2 Å². The number of benzene rings is 1. The summed E-state index contributed by atoms with van der Waals surface area (Å²) in [5.41, 5.74) is 1.39. The largest absolute Gasteiger partial charge is 0.504 e. The van der Waals surface area contributed by atoms with Gasteiger partial charge in [0.2, 0.25) is 11.7 Å². The Kier molecular flexibility index (Phi) is 3.12. The molecule has 0 radical (unpaired) electrons. The molecule has 7 heteroatoms. The van der Waals surface area contributed by atoms with E-state index in [9.17, 15) is 15.1 Å². The van der Waals surface area contributed by atoms with Gasteiger partial charge in [-0.1, -0.05) is 5.16 Å². The molecule has 7 nitrogen and oxygen atoms in total. The van der Waals surface area contributed by atoms with E-state index in [1.165, 1.54) is 14.2 Å². The Balaban J connectivity index is 2.22. The maximum Gasteiger partial charge on any atom is 0.223 e. The summed E-state index contributed by atoms with van der Waals surface area (Å²) in [7, 11) is 2.89. The molecule has 0 aliphatic carbocycles. The predicted octanol–water partition coefficient (Wildman–Crippen LogP) is 1.09. The highest BCUT2D eigenvalue weighted by atomic mass is 16.5. The zero-order valence-electron chi connectivity index (χ0n) is 11.8. The molecule has 0 saturated carbocycles. The third kappa shape index (κ3) is 1.80. The van der Waals surface area contributed by atoms with E-state index in [0.717, 1.165) is 0 Å². The first-order valence-corrected chi connectivity index (χ1v) is 6.61. The monoisotopic (exact) mass is 292 g/mol. The molecular formula is C14H16N2O5. The number of hydrogen-bond acceptors (Lipinski definition) is 6. The average Bonchev–Trinajstić information content (AvgIpc) is 2.86. The van der Waals surface area contributed by atoms with Crippen LogP contribution in [0.25, 0.3) is 0 Å². The maximum atomic E-state index is 11.9. The fourth-order valence-electron chi connectivity index (χ4n) is 3.12. The molecule has 1 fully saturated rings. The highest BCUT2D eigenvalue weighted by Crippen LogP contribution is 2.45. The zero-order chi connectivity index (χ0) is 15.1. The summed E-state index contributed by atoms with van der Waals surface area (Å²) >= 11 is 0. The van der Waals surface area contributed by atoms with E-state index >= 15 is 0 Å². The van der Waals surface area contributed by atoms with Crippen LogP contribution < -0.4 is 9.47 Å². The highest BCUT2D eigenvalue weighted by Gasteiger charge is 2.42. The summed E-state index contributed by atoms with van der Waals surface area (Å²) in [6, 6.07) is 1.39. The van der Waals surface area contributed by atoms with Gasteiger partial charge in [-0.05, 0) is 18.1 Å². The maximum absolute atomic E-state index is 11.9. The van der Waals surface area contributed by atoms with E-state index in [2.05, 4.69) is 5.16 Å². The van der Waals surface area contributed by atoms with Gasteiger partial charge < -0.3 is 24.7 Å². The number of ether oxygens (including phenoxy) is 2. The normalized spacial score (nSPS) is 22.2. The van der Waals surface area contributed by atoms with Gasteiger partial charge in [-0.3, -0.25) is 4.79 Å². The van der Waals surface area contributed by atoms with Crippen molar-refractivity contribution < 1.29 is 24.6 Å².